The second-order valence-corrected chi connectivity index (χ2v) is 4.12. The highest BCUT2D eigenvalue weighted by atomic mass is 16.7. The van der Waals surface area contributed by atoms with Crippen LogP contribution >= 0.6 is 0 Å². The fraction of sp³-hybridized carbons (Fsp3) is 0.538. The van der Waals surface area contributed by atoms with E-state index in [4.69, 9.17) is 19.3 Å². The lowest BCUT2D eigenvalue weighted by Crippen LogP contribution is -2.23. The molecule has 0 aromatic heterocycles. The van der Waals surface area contributed by atoms with Crippen molar-refractivity contribution in [3.8, 4) is 11.5 Å². The highest BCUT2D eigenvalue weighted by Gasteiger charge is 2.15. The van der Waals surface area contributed by atoms with Crippen LogP contribution in [0.15, 0.2) is 18.2 Å². The maximum Gasteiger partial charge on any atom is 0.231 e. The van der Waals surface area contributed by atoms with Gasteiger partial charge in [0.25, 0.3) is 0 Å². The largest absolute Gasteiger partial charge is 0.454 e. The highest BCUT2D eigenvalue weighted by Crippen LogP contribution is 2.33. The molecule has 0 bridgehead atoms. The van der Waals surface area contributed by atoms with E-state index in [2.05, 4.69) is 12.2 Å². The van der Waals surface area contributed by atoms with E-state index in [1.165, 1.54) is 0 Å². The smallest absolute Gasteiger partial charge is 0.231 e. The number of hydrogen-bond acceptors (Lipinski definition) is 5. The summed E-state index contributed by atoms with van der Waals surface area (Å²) in [6, 6.07) is 6.17. The predicted octanol–water partition coefficient (Wildman–Crippen LogP) is 1.07. The van der Waals surface area contributed by atoms with Gasteiger partial charge in [-0.05, 0) is 24.6 Å². The van der Waals surface area contributed by atoms with Crippen LogP contribution < -0.4 is 14.8 Å². The lowest BCUT2D eigenvalue weighted by molar-refractivity contribution is 0.0928. The molecule has 1 aromatic rings. The van der Waals surface area contributed by atoms with E-state index in [1.807, 2.05) is 18.2 Å². The normalized spacial score (nSPS) is 14.8. The van der Waals surface area contributed by atoms with Crippen molar-refractivity contribution in [3.63, 3.8) is 0 Å². The Morgan fingerprint density at radius 2 is 2.17 bits per heavy atom. The topological polar surface area (TPSA) is 60.0 Å². The van der Waals surface area contributed by atoms with Crippen LogP contribution in [0.25, 0.3) is 0 Å². The monoisotopic (exact) mass is 253 g/mol. The zero-order chi connectivity index (χ0) is 12.8. The van der Waals surface area contributed by atoms with Crippen molar-refractivity contribution < 1.29 is 19.3 Å². The van der Waals surface area contributed by atoms with Crippen molar-refractivity contribution in [2.24, 2.45) is 0 Å². The number of aliphatic hydroxyl groups is 1. The van der Waals surface area contributed by atoms with Crippen LogP contribution in [0, 0.1) is 0 Å². The number of fused-ring (bicyclic) bond motifs is 1. The first-order valence-electron chi connectivity index (χ1n) is 6.13. The zero-order valence-electron chi connectivity index (χ0n) is 10.5. The molecule has 0 fully saturated rings. The number of benzene rings is 1. The van der Waals surface area contributed by atoms with Gasteiger partial charge in [-0.25, -0.2) is 0 Å². The summed E-state index contributed by atoms with van der Waals surface area (Å²) in [5.41, 5.74) is 1.15. The van der Waals surface area contributed by atoms with Gasteiger partial charge in [-0.3, -0.25) is 0 Å². The number of aliphatic hydroxyl groups excluding tert-OH is 1. The predicted molar refractivity (Wildman–Crippen MR) is 66.9 cm³/mol. The molecule has 1 heterocycles. The van der Waals surface area contributed by atoms with E-state index in [9.17, 15) is 0 Å². The molecule has 0 spiro atoms. The molecule has 100 valence electrons. The van der Waals surface area contributed by atoms with Crippen LogP contribution in [0.1, 0.15) is 18.5 Å². The summed E-state index contributed by atoms with van der Waals surface area (Å²) in [5.74, 6) is 1.61. The van der Waals surface area contributed by atoms with Crippen molar-refractivity contribution in [2.45, 2.75) is 13.0 Å². The number of rotatable bonds is 7. The Labute approximate surface area is 107 Å². The second kappa shape index (κ2) is 6.58. The minimum Gasteiger partial charge on any atom is -0.454 e. The fourth-order valence-corrected chi connectivity index (χ4v) is 1.81. The van der Waals surface area contributed by atoms with Gasteiger partial charge in [0.2, 0.25) is 6.79 Å². The minimum absolute atomic E-state index is 0.0672. The van der Waals surface area contributed by atoms with Crippen LogP contribution in [-0.4, -0.2) is 38.3 Å². The van der Waals surface area contributed by atoms with Crippen molar-refractivity contribution in [2.75, 3.05) is 33.2 Å². The molecular formula is C13H19NO4. The van der Waals surface area contributed by atoms with E-state index in [1.54, 1.807) is 0 Å². The van der Waals surface area contributed by atoms with Crippen molar-refractivity contribution in [3.05, 3.63) is 23.8 Å². The molecule has 1 unspecified atom stereocenters. The molecule has 1 aliphatic heterocycles. The van der Waals surface area contributed by atoms with Crippen LogP contribution in [0.3, 0.4) is 0 Å². The molecule has 5 heteroatoms. The van der Waals surface area contributed by atoms with Gasteiger partial charge in [0.05, 0.1) is 19.8 Å². The van der Waals surface area contributed by atoms with E-state index < -0.39 is 0 Å². The van der Waals surface area contributed by atoms with Gasteiger partial charge >= 0.3 is 0 Å². The quantitative estimate of drug-likeness (QED) is 0.712. The van der Waals surface area contributed by atoms with Crippen LogP contribution in [0.5, 0.6) is 11.5 Å². The molecule has 1 atom stereocenters. The lowest BCUT2D eigenvalue weighted by atomic mass is 10.1. The molecule has 0 saturated carbocycles. The Bertz CT molecular complexity index is 383. The van der Waals surface area contributed by atoms with Gasteiger partial charge in [0.15, 0.2) is 11.5 Å². The first-order valence-corrected chi connectivity index (χ1v) is 6.13. The zero-order valence-corrected chi connectivity index (χ0v) is 10.5. The molecule has 0 aliphatic carbocycles. The molecule has 0 amide bonds. The molecule has 2 rings (SSSR count). The minimum atomic E-state index is 0.0672. The average Bonchev–Trinajstić information content (AvgIpc) is 2.85. The molecule has 1 aromatic carbocycles. The van der Waals surface area contributed by atoms with Gasteiger partial charge in [0, 0.05) is 12.6 Å². The lowest BCUT2D eigenvalue weighted by Gasteiger charge is -2.14. The second-order valence-electron chi connectivity index (χ2n) is 4.12. The van der Waals surface area contributed by atoms with Crippen molar-refractivity contribution in [1.82, 2.24) is 5.32 Å². The maximum absolute atomic E-state index is 8.57. The van der Waals surface area contributed by atoms with Gasteiger partial charge < -0.3 is 24.6 Å². The Morgan fingerprint density at radius 3 is 3.00 bits per heavy atom. The van der Waals surface area contributed by atoms with E-state index in [-0.39, 0.29) is 12.6 Å². The molecule has 0 radical (unpaired) electrons. The summed E-state index contributed by atoms with van der Waals surface area (Å²) < 4.78 is 15.8. The summed E-state index contributed by atoms with van der Waals surface area (Å²) in [4.78, 5) is 0. The number of hydrogen-bond donors (Lipinski definition) is 2. The summed E-state index contributed by atoms with van der Waals surface area (Å²) in [5, 5.41) is 11.9. The molecule has 5 nitrogen and oxygen atoms in total. The first kappa shape index (κ1) is 13.1. The standard InChI is InChI=1S/C13H19NO4/c1-10(14-4-6-16-7-5-15)11-2-3-12-13(8-11)18-9-17-12/h2-3,8,10,14-15H,4-7,9H2,1H3. The SMILES string of the molecule is CC(NCCOCCO)c1ccc2c(c1)OCO2. The Kier molecular flexibility index (Phi) is 4.81. The van der Waals surface area contributed by atoms with Crippen molar-refractivity contribution >= 4 is 0 Å². The van der Waals surface area contributed by atoms with E-state index in [0.29, 0.717) is 20.0 Å². The van der Waals surface area contributed by atoms with Gasteiger partial charge in [-0.2, -0.15) is 0 Å². The van der Waals surface area contributed by atoms with Crippen LogP contribution in [0.4, 0.5) is 0 Å². The average molecular weight is 253 g/mol. The third-order valence-electron chi connectivity index (χ3n) is 2.83. The van der Waals surface area contributed by atoms with Gasteiger partial charge in [-0.1, -0.05) is 6.07 Å². The van der Waals surface area contributed by atoms with Crippen LogP contribution in [-0.2, 0) is 4.74 Å². The molecule has 18 heavy (non-hydrogen) atoms. The van der Waals surface area contributed by atoms with Crippen molar-refractivity contribution in [1.29, 1.82) is 0 Å². The molecule has 2 N–H and O–H groups in total. The summed E-state index contributed by atoms with van der Waals surface area (Å²) in [7, 11) is 0. The number of nitrogens with one attached hydrogen (secondary N) is 1. The molecule has 0 saturated heterocycles. The molecule has 1 aliphatic rings. The number of ether oxygens (including phenoxy) is 3. The fourth-order valence-electron chi connectivity index (χ4n) is 1.81. The summed E-state index contributed by atoms with van der Waals surface area (Å²) >= 11 is 0. The van der Waals surface area contributed by atoms with Gasteiger partial charge in [0.1, 0.15) is 0 Å². The molecular weight excluding hydrogens is 234 g/mol. The third-order valence-corrected chi connectivity index (χ3v) is 2.83. The third kappa shape index (κ3) is 3.35. The Hall–Kier alpha value is -1.30. The Morgan fingerprint density at radius 1 is 1.33 bits per heavy atom. The summed E-state index contributed by atoms with van der Waals surface area (Å²) in [6.45, 7) is 4.18. The first-order chi connectivity index (χ1) is 8.81. The maximum atomic E-state index is 8.57. The van der Waals surface area contributed by atoms with E-state index in [0.717, 1.165) is 23.6 Å². The Balaban J connectivity index is 1.80. The summed E-state index contributed by atoms with van der Waals surface area (Å²) in [6.07, 6.45) is 0. The van der Waals surface area contributed by atoms with E-state index >= 15 is 0 Å². The highest BCUT2D eigenvalue weighted by molar-refractivity contribution is 5.45. The van der Waals surface area contributed by atoms with Crippen LogP contribution in [0.2, 0.25) is 0 Å². The van der Waals surface area contributed by atoms with Gasteiger partial charge in [-0.15, -0.1) is 0 Å².